The zero-order valence-corrected chi connectivity index (χ0v) is 11.7. The molecule has 2 rings (SSSR count). The zero-order valence-electron chi connectivity index (χ0n) is 11.0. The van der Waals surface area contributed by atoms with Gasteiger partial charge in [-0.05, 0) is 19.1 Å². The van der Waals surface area contributed by atoms with Gasteiger partial charge >= 0.3 is 0 Å². The Bertz CT molecular complexity index is 700. The number of aromatic nitrogens is 2. The molecule has 100 valence electrons. The molecule has 4 nitrogen and oxygen atoms in total. The van der Waals surface area contributed by atoms with Crippen LogP contribution in [0.3, 0.4) is 0 Å². The van der Waals surface area contributed by atoms with Gasteiger partial charge in [0, 0.05) is 23.5 Å². The molecule has 0 fully saturated rings. The van der Waals surface area contributed by atoms with Crippen molar-refractivity contribution in [1.29, 1.82) is 0 Å². The lowest BCUT2D eigenvalue weighted by Gasteiger charge is -2.05. The summed E-state index contributed by atoms with van der Waals surface area (Å²) >= 11 is 6.15. The summed E-state index contributed by atoms with van der Waals surface area (Å²) in [4.78, 5) is 19.0. The van der Waals surface area contributed by atoms with E-state index < -0.39 is 0 Å². The van der Waals surface area contributed by atoms with Crippen molar-refractivity contribution in [3.05, 3.63) is 52.1 Å². The molecule has 0 aliphatic heterocycles. The van der Waals surface area contributed by atoms with Gasteiger partial charge in [0.2, 0.25) is 0 Å². The van der Waals surface area contributed by atoms with E-state index in [9.17, 15) is 4.79 Å². The lowest BCUT2D eigenvalue weighted by Crippen LogP contribution is -1.91. The Hall–Kier alpha value is -2.38. The van der Waals surface area contributed by atoms with Crippen molar-refractivity contribution in [3.8, 4) is 17.6 Å². The van der Waals surface area contributed by atoms with E-state index in [1.54, 1.807) is 31.5 Å². The number of halogens is 1. The van der Waals surface area contributed by atoms with E-state index in [1.165, 1.54) is 7.11 Å². The van der Waals surface area contributed by atoms with Crippen LogP contribution < -0.4 is 4.74 Å². The SMILES string of the molecule is COc1cc(C=O)cc(C#Cc2cnc(C)nc2)c1Cl. The summed E-state index contributed by atoms with van der Waals surface area (Å²) in [5.41, 5.74) is 1.64. The molecule has 1 aromatic carbocycles. The van der Waals surface area contributed by atoms with Crippen LogP contribution in [0, 0.1) is 18.8 Å². The maximum absolute atomic E-state index is 10.9. The van der Waals surface area contributed by atoms with Crippen molar-refractivity contribution < 1.29 is 9.53 Å². The first-order valence-electron chi connectivity index (χ1n) is 5.77. The second-order valence-corrected chi connectivity index (χ2v) is 4.35. The quantitative estimate of drug-likeness (QED) is 0.629. The fraction of sp³-hybridized carbons (Fsp3) is 0.133. The number of aldehydes is 1. The normalized spacial score (nSPS) is 9.55. The van der Waals surface area contributed by atoms with E-state index in [2.05, 4.69) is 21.8 Å². The number of carbonyl (C=O) groups excluding carboxylic acids is 1. The molecule has 0 saturated heterocycles. The van der Waals surface area contributed by atoms with Crippen LogP contribution in [0.25, 0.3) is 0 Å². The summed E-state index contributed by atoms with van der Waals surface area (Å²) < 4.78 is 5.11. The molecular weight excluding hydrogens is 276 g/mol. The highest BCUT2D eigenvalue weighted by atomic mass is 35.5. The fourth-order valence-electron chi connectivity index (χ4n) is 1.52. The van der Waals surface area contributed by atoms with E-state index in [-0.39, 0.29) is 0 Å². The van der Waals surface area contributed by atoms with Gasteiger partial charge in [0.05, 0.1) is 17.7 Å². The molecule has 1 aromatic heterocycles. The Kier molecular flexibility index (Phi) is 4.34. The Morgan fingerprint density at radius 1 is 1.25 bits per heavy atom. The first-order chi connectivity index (χ1) is 9.63. The minimum atomic E-state index is 0.374. The number of carbonyl (C=O) groups is 1. The number of hydrogen-bond donors (Lipinski definition) is 0. The predicted molar refractivity (Wildman–Crippen MR) is 76.1 cm³/mol. The monoisotopic (exact) mass is 286 g/mol. The van der Waals surface area contributed by atoms with Crippen molar-refractivity contribution in [2.24, 2.45) is 0 Å². The molecule has 0 aliphatic carbocycles. The highest BCUT2D eigenvalue weighted by Gasteiger charge is 2.07. The van der Waals surface area contributed by atoms with Crippen LogP contribution in [-0.4, -0.2) is 23.4 Å². The van der Waals surface area contributed by atoms with Gasteiger partial charge in [-0.3, -0.25) is 4.79 Å². The van der Waals surface area contributed by atoms with Crippen molar-refractivity contribution in [2.45, 2.75) is 6.92 Å². The third-order valence-electron chi connectivity index (χ3n) is 2.54. The molecule has 0 saturated carbocycles. The standard InChI is InChI=1S/C15H11ClN2O2/c1-10-17-7-11(8-18-10)3-4-13-5-12(9-19)6-14(20-2)15(13)16/h5-9H,1-2H3. The molecule has 0 amide bonds. The molecule has 0 N–H and O–H groups in total. The Morgan fingerprint density at radius 2 is 1.95 bits per heavy atom. The maximum atomic E-state index is 10.9. The molecule has 5 heteroatoms. The molecule has 0 bridgehead atoms. The summed E-state index contributed by atoms with van der Waals surface area (Å²) in [7, 11) is 1.49. The van der Waals surface area contributed by atoms with E-state index in [0.717, 1.165) is 6.29 Å². The number of aryl methyl sites for hydroxylation is 1. The van der Waals surface area contributed by atoms with Crippen molar-refractivity contribution in [3.63, 3.8) is 0 Å². The van der Waals surface area contributed by atoms with Crippen molar-refractivity contribution >= 4 is 17.9 Å². The topological polar surface area (TPSA) is 52.1 Å². The fourth-order valence-corrected chi connectivity index (χ4v) is 1.76. The van der Waals surface area contributed by atoms with Crippen LogP contribution in [0.1, 0.15) is 27.3 Å². The molecule has 0 spiro atoms. The zero-order chi connectivity index (χ0) is 14.5. The largest absolute Gasteiger partial charge is 0.495 e. The van der Waals surface area contributed by atoms with Gasteiger partial charge in [-0.2, -0.15) is 0 Å². The summed E-state index contributed by atoms with van der Waals surface area (Å²) in [6.07, 6.45) is 3.98. The summed E-state index contributed by atoms with van der Waals surface area (Å²) in [6, 6.07) is 3.18. The maximum Gasteiger partial charge on any atom is 0.150 e. The minimum absolute atomic E-state index is 0.374. The van der Waals surface area contributed by atoms with Gasteiger partial charge in [0.25, 0.3) is 0 Å². The van der Waals surface area contributed by atoms with E-state index in [0.29, 0.717) is 33.3 Å². The number of nitrogens with zero attached hydrogens (tertiary/aromatic N) is 2. The second kappa shape index (κ2) is 6.18. The highest BCUT2D eigenvalue weighted by Crippen LogP contribution is 2.28. The number of methoxy groups -OCH3 is 1. The average Bonchev–Trinajstić information content (AvgIpc) is 2.48. The van der Waals surface area contributed by atoms with Gasteiger partial charge in [-0.1, -0.05) is 23.4 Å². The van der Waals surface area contributed by atoms with E-state index in [4.69, 9.17) is 16.3 Å². The molecule has 0 aliphatic rings. The van der Waals surface area contributed by atoms with Crippen LogP contribution >= 0.6 is 11.6 Å². The van der Waals surface area contributed by atoms with Gasteiger partial charge in [0.1, 0.15) is 17.9 Å². The molecule has 2 aromatic rings. The number of benzene rings is 1. The Morgan fingerprint density at radius 3 is 2.55 bits per heavy atom. The number of ether oxygens (including phenoxy) is 1. The van der Waals surface area contributed by atoms with E-state index >= 15 is 0 Å². The average molecular weight is 287 g/mol. The predicted octanol–water partition coefficient (Wildman–Crippen LogP) is 2.66. The van der Waals surface area contributed by atoms with Crippen molar-refractivity contribution in [2.75, 3.05) is 7.11 Å². The summed E-state index contributed by atoms with van der Waals surface area (Å²) in [5.74, 6) is 6.89. The Balaban J connectivity index is 2.43. The third kappa shape index (κ3) is 3.14. The van der Waals surface area contributed by atoms with Crippen LogP contribution in [0.2, 0.25) is 5.02 Å². The smallest absolute Gasteiger partial charge is 0.150 e. The molecule has 0 unspecified atom stereocenters. The highest BCUT2D eigenvalue weighted by molar-refractivity contribution is 6.33. The first kappa shape index (κ1) is 14.0. The lowest BCUT2D eigenvalue weighted by atomic mass is 10.1. The van der Waals surface area contributed by atoms with E-state index in [1.807, 2.05) is 0 Å². The summed E-state index contributed by atoms with van der Waals surface area (Å²) in [5, 5.41) is 0.374. The van der Waals surface area contributed by atoms with Crippen molar-refractivity contribution in [1.82, 2.24) is 9.97 Å². The minimum Gasteiger partial charge on any atom is -0.495 e. The molecule has 0 radical (unpaired) electrons. The van der Waals surface area contributed by atoms with Crippen LogP contribution in [-0.2, 0) is 0 Å². The van der Waals surface area contributed by atoms with Crippen LogP contribution in [0.5, 0.6) is 5.75 Å². The van der Waals surface area contributed by atoms with Gasteiger partial charge in [0.15, 0.2) is 0 Å². The molecular formula is C15H11ClN2O2. The second-order valence-electron chi connectivity index (χ2n) is 3.97. The summed E-state index contributed by atoms with van der Waals surface area (Å²) in [6.45, 7) is 1.80. The first-order valence-corrected chi connectivity index (χ1v) is 6.15. The lowest BCUT2D eigenvalue weighted by molar-refractivity contribution is 0.112. The van der Waals surface area contributed by atoms with Gasteiger partial charge in [-0.15, -0.1) is 0 Å². The van der Waals surface area contributed by atoms with Gasteiger partial charge < -0.3 is 4.74 Å². The number of rotatable bonds is 2. The molecule has 1 heterocycles. The van der Waals surface area contributed by atoms with Crippen LogP contribution in [0.4, 0.5) is 0 Å². The Labute approximate surface area is 121 Å². The third-order valence-corrected chi connectivity index (χ3v) is 2.93. The molecule has 20 heavy (non-hydrogen) atoms. The van der Waals surface area contributed by atoms with Crippen LogP contribution in [0.15, 0.2) is 24.5 Å². The van der Waals surface area contributed by atoms with Gasteiger partial charge in [-0.25, -0.2) is 9.97 Å². The molecule has 0 atom stereocenters. The number of hydrogen-bond acceptors (Lipinski definition) is 4.